The van der Waals surface area contributed by atoms with Gasteiger partial charge < -0.3 is 24.8 Å². The van der Waals surface area contributed by atoms with E-state index in [9.17, 15) is 0 Å². The summed E-state index contributed by atoms with van der Waals surface area (Å²) in [6.07, 6.45) is 0. The van der Waals surface area contributed by atoms with E-state index in [-0.39, 0.29) is 43.8 Å². The van der Waals surface area contributed by atoms with Crippen molar-refractivity contribution in [1.29, 1.82) is 0 Å². The minimum absolute atomic E-state index is 0. The molecular weight excluding hydrogens is 735 g/mol. The average Bonchev–Trinajstić information content (AvgIpc) is 2.71. The van der Waals surface area contributed by atoms with Gasteiger partial charge in [-0.15, -0.1) is 0 Å². The Labute approximate surface area is 305 Å². The number of nitrogens with zero attached hydrogens (tertiary/aromatic N) is 2. The van der Waals surface area contributed by atoms with E-state index in [4.69, 9.17) is 5.63 Å². The standard InChI is InChI=1S/2C16H27NOS2.2ClH.Zr/c2*1-15(2,3)19-11-9-12(17(7)8)14(18)13(10-11)20-16(4,5)6;;;/h2*9-10,18H,1-8H3;2*1H;/q;;;;+4/p-4. The molecule has 0 fully saturated rings. The molecule has 0 unspecified atom stereocenters. The minimum Gasteiger partial charge on any atom is -1.00 e. The van der Waals surface area contributed by atoms with E-state index in [0.717, 1.165) is 22.9 Å². The quantitative estimate of drug-likeness (QED) is 0.319. The molecule has 0 saturated carbocycles. The SMILES string of the molecule is CN(C)c1cc(SC(C)(C)C)cc(SC(C)(C)C)c1[O][Zr+2][O]c1c(SC(C)(C)C)cc(SC(C)(C)C)cc1N(C)C.[Cl-].[Cl-]. The van der Waals surface area contributed by atoms with Gasteiger partial charge in [0.15, 0.2) is 0 Å². The monoisotopic (exact) mass is 784 g/mol. The van der Waals surface area contributed by atoms with Crippen molar-refractivity contribution < 1.29 is 54.6 Å². The zero-order chi connectivity index (χ0) is 31.6. The van der Waals surface area contributed by atoms with Crippen LogP contribution in [0.2, 0.25) is 0 Å². The number of halogens is 2. The van der Waals surface area contributed by atoms with Crippen molar-refractivity contribution >= 4 is 58.4 Å². The van der Waals surface area contributed by atoms with E-state index >= 15 is 0 Å². The van der Waals surface area contributed by atoms with Gasteiger partial charge in [0.25, 0.3) is 0 Å². The molecule has 43 heavy (non-hydrogen) atoms. The first kappa shape index (κ1) is 43.5. The Hall–Kier alpha value is 0.503. The Balaban J connectivity index is 0.00000882. The van der Waals surface area contributed by atoms with Crippen LogP contribution in [0.5, 0.6) is 11.5 Å². The van der Waals surface area contributed by atoms with Crippen LogP contribution in [0.3, 0.4) is 0 Å². The number of hydrogen-bond acceptors (Lipinski definition) is 8. The van der Waals surface area contributed by atoms with E-state index in [0.29, 0.717) is 0 Å². The van der Waals surface area contributed by atoms with Gasteiger partial charge in [-0.1, -0.05) is 0 Å². The molecule has 0 bridgehead atoms. The largest absolute Gasteiger partial charge is 1.00 e. The molecule has 0 amide bonds. The van der Waals surface area contributed by atoms with Gasteiger partial charge in [0.1, 0.15) is 0 Å². The predicted molar refractivity (Wildman–Crippen MR) is 185 cm³/mol. The Bertz CT molecular complexity index is 1090. The van der Waals surface area contributed by atoms with Crippen LogP contribution in [0.1, 0.15) is 83.1 Å². The van der Waals surface area contributed by atoms with Crippen LogP contribution < -0.4 is 40.2 Å². The third-order valence-electron chi connectivity index (χ3n) is 4.95. The molecule has 0 heterocycles. The van der Waals surface area contributed by atoms with Crippen LogP contribution in [0, 0.1) is 0 Å². The Morgan fingerprint density at radius 2 is 0.767 bits per heavy atom. The second-order valence-corrected chi connectivity index (χ2v) is 23.4. The summed E-state index contributed by atoms with van der Waals surface area (Å²) in [7, 11) is 8.38. The van der Waals surface area contributed by atoms with Gasteiger partial charge in [-0.3, -0.25) is 0 Å². The van der Waals surface area contributed by atoms with Gasteiger partial charge in [-0.25, -0.2) is 0 Å². The molecule has 2 aromatic carbocycles. The molecule has 0 radical (unpaired) electrons. The molecule has 2 aromatic rings. The summed E-state index contributed by atoms with van der Waals surface area (Å²) < 4.78 is 13.8. The molecule has 4 nitrogen and oxygen atoms in total. The summed E-state index contributed by atoms with van der Waals surface area (Å²) in [5.74, 6) is 1.88. The topological polar surface area (TPSA) is 24.9 Å². The van der Waals surface area contributed by atoms with Crippen molar-refractivity contribution in [3.05, 3.63) is 24.3 Å². The molecule has 11 heteroatoms. The number of hydrogen-bond donors (Lipinski definition) is 0. The summed E-state index contributed by atoms with van der Waals surface area (Å²) in [4.78, 5) is 9.20. The first-order valence-electron chi connectivity index (χ1n) is 14.0. The van der Waals surface area contributed by atoms with E-state index in [1.54, 1.807) is 0 Å². The molecule has 0 N–H and O–H groups in total. The fourth-order valence-electron chi connectivity index (χ4n) is 3.74. The number of thioether (sulfide) groups is 4. The third kappa shape index (κ3) is 15.8. The van der Waals surface area contributed by atoms with Crippen LogP contribution in [-0.4, -0.2) is 47.2 Å². The maximum atomic E-state index is 6.74. The van der Waals surface area contributed by atoms with Crippen molar-refractivity contribution in [3.8, 4) is 11.5 Å². The maximum Gasteiger partial charge on any atom is -1.00 e. The molecule has 2 rings (SSSR count). The second-order valence-electron chi connectivity index (χ2n) is 14.5. The second kappa shape index (κ2) is 17.1. The zero-order valence-electron chi connectivity index (χ0n) is 28.9. The molecule has 0 saturated heterocycles. The molecule has 244 valence electrons. The van der Waals surface area contributed by atoms with Crippen LogP contribution in [0.4, 0.5) is 11.4 Å². The minimum atomic E-state index is -1.77. The van der Waals surface area contributed by atoms with Crippen molar-refractivity contribution in [2.45, 2.75) is 122 Å². The van der Waals surface area contributed by atoms with Gasteiger partial charge in [0.2, 0.25) is 0 Å². The summed E-state index contributed by atoms with van der Waals surface area (Å²) in [6, 6.07) is 9.14. The Morgan fingerprint density at radius 1 is 0.488 bits per heavy atom. The molecular formula is C32H52Cl2N2O2S4Zr. The van der Waals surface area contributed by atoms with Crippen LogP contribution in [-0.2, 0) is 24.1 Å². The third-order valence-corrected chi connectivity index (χ3v) is 10.8. The fraction of sp³-hybridized carbons (Fsp3) is 0.625. The molecule has 0 aromatic heterocycles. The van der Waals surface area contributed by atoms with Crippen molar-refractivity contribution in [2.75, 3.05) is 38.0 Å². The maximum absolute atomic E-state index is 6.74. The van der Waals surface area contributed by atoms with E-state index in [2.05, 4.69) is 145 Å². The van der Waals surface area contributed by atoms with Crippen LogP contribution in [0.25, 0.3) is 0 Å². The van der Waals surface area contributed by atoms with Gasteiger partial charge in [-0.2, -0.15) is 0 Å². The van der Waals surface area contributed by atoms with Gasteiger partial charge in [0, 0.05) is 0 Å². The van der Waals surface area contributed by atoms with E-state index in [1.807, 2.05) is 47.0 Å². The normalized spacial score (nSPS) is 12.1. The fourth-order valence-corrected chi connectivity index (χ4v) is 10.1. The van der Waals surface area contributed by atoms with Crippen LogP contribution >= 0.6 is 47.0 Å². The smallest absolute Gasteiger partial charge is 1.00 e. The van der Waals surface area contributed by atoms with Gasteiger partial charge in [-0.05, 0) is 0 Å². The summed E-state index contributed by atoms with van der Waals surface area (Å²) >= 11 is 5.75. The predicted octanol–water partition coefficient (Wildman–Crippen LogP) is 4.76. The summed E-state index contributed by atoms with van der Waals surface area (Å²) in [5.41, 5.74) is 2.20. The number of benzene rings is 2. The first-order valence-corrected chi connectivity index (χ1v) is 19.3. The zero-order valence-corrected chi connectivity index (χ0v) is 36.1. The Kier molecular flexibility index (Phi) is 17.3. The number of anilines is 2. The number of rotatable bonds is 10. The molecule has 0 aliphatic rings. The van der Waals surface area contributed by atoms with Crippen molar-refractivity contribution in [2.24, 2.45) is 0 Å². The summed E-state index contributed by atoms with van der Waals surface area (Å²) in [6.45, 7) is 27.1. The van der Waals surface area contributed by atoms with Crippen molar-refractivity contribution in [1.82, 2.24) is 0 Å². The molecule has 0 aliphatic heterocycles. The molecule has 0 spiro atoms. The van der Waals surface area contributed by atoms with Gasteiger partial charge in [0.05, 0.1) is 0 Å². The molecule has 0 atom stereocenters. The van der Waals surface area contributed by atoms with Crippen molar-refractivity contribution in [3.63, 3.8) is 0 Å². The first-order chi connectivity index (χ1) is 18.4. The van der Waals surface area contributed by atoms with E-state index in [1.165, 1.54) is 19.6 Å². The average molecular weight is 787 g/mol. The van der Waals surface area contributed by atoms with E-state index < -0.39 is 24.1 Å². The molecule has 0 aliphatic carbocycles. The summed E-state index contributed by atoms with van der Waals surface area (Å²) in [5, 5.41) is 0. The van der Waals surface area contributed by atoms with Gasteiger partial charge >= 0.3 is 284 Å². The van der Waals surface area contributed by atoms with Crippen LogP contribution in [0.15, 0.2) is 43.8 Å². The Morgan fingerprint density at radius 3 is 1.00 bits per heavy atom.